The predicted octanol–water partition coefficient (Wildman–Crippen LogP) is 2.72. The molecule has 2 N–H and O–H groups in total. The first-order valence-electron chi connectivity index (χ1n) is 14.9. The number of aromatic nitrogens is 5. The van der Waals surface area contributed by atoms with Crippen LogP contribution in [0, 0.1) is 5.82 Å². The highest BCUT2D eigenvalue weighted by Crippen LogP contribution is 2.36. The van der Waals surface area contributed by atoms with Crippen LogP contribution in [0.4, 0.5) is 21.7 Å². The lowest BCUT2D eigenvalue weighted by atomic mass is 9.97. The quantitative estimate of drug-likeness (QED) is 0.360. The van der Waals surface area contributed by atoms with Gasteiger partial charge in [-0.25, -0.2) is 9.37 Å². The number of aryl methyl sites for hydroxylation is 1. The lowest BCUT2D eigenvalue weighted by Crippen LogP contribution is -2.42. The molecule has 0 radical (unpaired) electrons. The second kappa shape index (κ2) is 10.7. The normalized spacial score (nSPS) is 16.0. The number of carbonyl (C=O) groups is 2. The predicted molar refractivity (Wildman–Crippen MR) is 160 cm³/mol. The van der Waals surface area contributed by atoms with Gasteiger partial charge in [0.1, 0.15) is 17.2 Å². The second-order valence-corrected chi connectivity index (χ2v) is 11.6. The van der Waals surface area contributed by atoms with Crippen LogP contribution in [0.15, 0.2) is 35.4 Å². The molecule has 44 heavy (non-hydrogen) atoms. The van der Waals surface area contributed by atoms with Crippen molar-refractivity contribution < 1.29 is 19.1 Å². The number of nitrogens with zero attached hydrogens (tertiary/aromatic N) is 7. The molecule has 0 unspecified atom stereocenters. The zero-order chi connectivity index (χ0) is 30.7. The van der Waals surface area contributed by atoms with Crippen LogP contribution in [0.5, 0.6) is 0 Å². The van der Waals surface area contributed by atoms with E-state index in [4.69, 9.17) is 0 Å². The number of rotatable bonds is 5. The summed E-state index contributed by atoms with van der Waals surface area (Å²) in [4.78, 5) is 46.4. The minimum atomic E-state index is -0.475. The Balaban J connectivity index is 1.23. The Hall–Kier alpha value is -4.78. The smallest absolute Gasteiger partial charge is 0.279 e. The molecule has 0 spiro atoms. The number of carbonyl (C=O) groups excluding carboxylic acids is 2. The van der Waals surface area contributed by atoms with Gasteiger partial charge in [-0.2, -0.15) is 5.10 Å². The van der Waals surface area contributed by atoms with Crippen LogP contribution in [0.1, 0.15) is 52.8 Å². The molecule has 7 rings (SSSR count). The van der Waals surface area contributed by atoms with Gasteiger partial charge in [0.05, 0.1) is 25.4 Å². The van der Waals surface area contributed by atoms with E-state index in [9.17, 15) is 19.5 Å². The number of fused-ring (bicyclic) bond motifs is 4. The molecule has 0 saturated carbocycles. The highest BCUT2D eigenvalue weighted by molar-refractivity contribution is 6.06. The van der Waals surface area contributed by atoms with Crippen molar-refractivity contribution in [2.24, 2.45) is 7.05 Å². The number of pyridine rings is 2. The third-order valence-corrected chi connectivity index (χ3v) is 8.95. The number of aliphatic hydroxyl groups excluding tert-OH is 1. The third kappa shape index (κ3) is 4.50. The first kappa shape index (κ1) is 28.0. The van der Waals surface area contributed by atoms with Crippen LogP contribution in [-0.4, -0.2) is 58.8 Å². The number of amides is 2. The number of halogens is 1. The lowest BCUT2D eigenvalue weighted by Gasteiger charge is -2.30. The average molecular weight is 601 g/mol. The van der Waals surface area contributed by atoms with Gasteiger partial charge in [-0.05, 0) is 43.4 Å². The molecular weight excluding hydrogens is 567 g/mol. The van der Waals surface area contributed by atoms with Crippen LogP contribution in [0.25, 0.3) is 11.1 Å². The van der Waals surface area contributed by atoms with Gasteiger partial charge < -0.3 is 24.5 Å². The summed E-state index contributed by atoms with van der Waals surface area (Å²) in [7, 11) is 1.63. The molecule has 0 aromatic carbocycles. The molecular formula is C31H33FN8O4. The molecule has 0 saturated heterocycles. The largest absolute Gasteiger partial charge is 0.392 e. The minimum absolute atomic E-state index is 0.00518. The SMILES string of the molecule is CC(=O)N1CCn2nc(Nc3cc(-c4ccnc(N5CCn6c7c(c(F)c6C5=O)CCCC7)c4CO)cn(C)c3=O)cc2C1. The molecule has 228 valence electrons. The number of nitrogens with one attached hydrogen (secondary N) is 1. The van der Waals surface area contributed by atoms with Gasteiger partial charge in [0.15, 0.2) is 11.6 Å². The van der Waals surface area contributed by atoms with Crippen LogP contribution in [0.3, 0.4) is 0 Å². The molecule has 0 bridgehead atoms. The molecule has 3 aliphatic rings. The number of hydrogen-bond acceptors (Lipinski definition) is 7. The number of anilines is 3. The average Bonchev–Trinajstić information content (AvgIpc) is 3.56. The summed E-state index contributed by atoms with van der Waals surface area (Å²) in [6.07, 6.45) is 6.48. The van der Waals surface area contributed by atoms with E-state index in [2.05, 4.69) is 15.4 Å². The zero-order valence-corrected chi connectivity index (χ0v) is 24.6. The summed E-state index contributed by atoms with van der Waals surface area (Å²) in [6.45, 7) is 3.41. The first-order chi connectivity index (χ1) is 21.2. The Bertz CT molecular complexity index is 1890. The summed E-state index contributed by atoms with van der Waals surface area (Å²) in [5, 5.41) is 18.3. The Morgan fingerprint density at radius 3 is 2.73 bits per heavy atom. The van der Waals surface area contributed by atoms with Gasteiger partial charge in [-0.1, -0.05) is 0 Å². The van der Waals surface area contributed by atoms with E-state index in [1.54, 1.807) is 36.5 Å². The van der Waals surface area contributed by atoms with Crippen molar-refractivity contribution in [2.45, 2.75) is 58.8 Å². The third-order valence-electron chi connectivity index (χ3n) is 8.95. The van der Waals surface area contributed by atoms with Gasteiger partial charge >= 0.3 is 0 Å². The summed E-state index contributed by atoms with van der Waals surface area (Å²) in [5.74, 6) is -0.185. The van der Waals surface area contributed by atoms with E-state index in [0.717, 1.165) is 30.7 Å². The molecule has 2 aliphatic heterocycles. The van der Waals surface area contributed by atoms with E-state index in [1.165, 1.54) is 16.4 Å². The van der Waals surface area contributed by atoms with E-state index in [-0.39, 0.29) is 28.7 Å². The minimum Gasteiger partial charge on any atom is -0.392 e. The van der Waals surface area contributed by atoms with Gasteiger partial charge in [0.25, 0.3) is 11.5 Å². The molecule has 0 atom stereocenters. The van der Waals surface area contributed by atoms with Crippen molar-refractivity contribution in [2.75, 3.05) is 23.3 Å². The Morgan fingerprint density at radius 1 is 1.11 bits per heavy atom. The maximum absolute atomic E-state index is 15.5. The fraction of sp³-hybridized carbons (Fsp3) is 0.387. The van der Waals surface area contributed by atoms with E-state index < -0.39 is 18.3 Å². The standard InChI is InChI=1S/C31H33FN8O4/c1-18(42)37-9-12-40-20(16-37)14-26(35-40)34-24-13-19(15-36(2)30(24)43)21-7-8-33-29(23(21)17-41)39-11-10-38-25-6-4-3-5-22(25)27(32)28(38)31(39)44/h7-8,13-15,41H,3-6,9-12,16-17H2,1-2H3,(H,34,35). The Kier molecular flexibility index (Phi) is 6.84. The highest BCUT2D eigenvalue weighted by Gasteiger charge is 2.36. The zero-order valence-electron chi connectivity index (χ0n) is 24.6. The molecule has 1 aliphatic carbocycles. The summed E-state index contributed by atoms with van der Waals surface area (Å²) in [5.41, 5.74) is 4.07. The van der Waals surface area contributed by atoms with Crippen LogP contribution in [0.2, 0.25) is 0 Å². The maximum Gasteiger partial charge on any atom is 0.279 e. The summed E-state index contributed by atoms with van der Waals surface area (Å²) < 4.78 is 20.6. The van der Waals surface area contributed by atoms with Crippen molar-refractivity contribution in [3.05, 3.63) is 75.0 Å². The van der Waals surface area contributed by atoms with Crippen molar-refractivity contribution in [1.29, 1.82) is 0 Å². The molecule has 12 nitrogen and oxygen atoms in total. The number of aliphatic hydroxyl groups is 1. The molecule has 6 heterocycles. The van der Waals surface area contributed by atoms with Crippen molar-refractivity contribution in [3.8, 4) is 11.1 Å². The van der Waals surface area contributed by atoms with Crippen molar-refractivity contribution in [1.82, 2.24) is 28.8 Å². The van der Waals surface area contributed by atoms with Gasteiger partial charge in [-0.3, -0.25) is 24.0 Å². The Labute approximate surface area is 252 Å². The first-order valence-corrected chi connectivity index (χ1v) is 14.9. The molecule has 0 fully saturated rings. The maximum atomic E-state index is 15.5. The molecule has 4 aromatic heterocycles. The topological polar surface area (TPSA) is 131 Å². The lowest BCUT2D eigenvalue weighted by molar-refractivity contribution is -0.130. The van der Waals surface area contributed by atoms with Crippen molar-refractivity contribution >= 4 is 29.1 Å². The summed E-state index contributed by atoms with van der Waals surface area (Å²) in [6, 6.07) is 5.22. The van der Waals surface area contributed by atoms with Crippen LogP contribution < -0.4 is 15.8 Å². The second-order valence-electron chi connectivity index (χ2n) is 11.6. The highest BCUT2D eigenvalue weighted by atomic mass is 19.1. The van der Waals surface area contributed by atoms with Crippen LogP contribution >= 0.6 is 0 Å². The van der Waals surface area contributed by atoms with E-state index in [1.807, 2.05) is 15.3 Å². The van der Waals surface area contributed by atoms with Gasteiger partial charge in [0.2, 0.25) is 5.91 Å². The number of hydrogen-bond donors (Lipinski definition) is 2. The fourth-order valence-electron chi connectivity index (χ4n) is 6.73. The molecule has 4 aromatic rings. The van der Waals surface area contributed by atoms with Crippen LogP contribution in [-0.2, 0) is 50.9 Å². The van der Waals surface area contributed by atoms with Gasteiger partial charge in [-0.15, -0.1) is 0 Å². The molecule has 13 heteroatoms. The molecule has 2 amide bonds. The monoisotopic (exact) mass is 600 g/mol. The van der Waals surface area contributed by atoms with E-state index in [0.29, 0.717) is 67.2 Å². The summed E-state index contributed by atoms with van der Waals surface area (Å²) >= 11 is 0. The Morgan fingerprint density at radius 2 is 1.93 bits per heavy atom. The fourth-order valence-corrected chi connectivity index (χ4v) is 6.73. The van der Waals surface area contributed by atoms with Gasteiger partial charge in [0, 0.05) is 74.5 Å². The van der Waals surface area contributed by atoms with E-state index >= 15 is 4.39 Å². The van der Waals surface area contributed by atoms with Crippen molar-refractivity contribution in [3.63, 3.8) is 0 Å².